The molecule has 4 rings (SSSR count). The Morgan fingerprint density at radius 1 is 1.00 bits per heavy atom. The van der Waals surface area contributed by atoms with E-state index in [1.54, 1.807) is 30.2 Å². The van der Waals surface area contributed by atoms with E-state index in [0.717, 1.165) is 16.0 Å². The standard InChI is InChI=1S/C21H18N4O3S/c1-14-5-3-4-6-17(14)25-12-11-24(20(26)21(25)27)13-18-22-19(23-28-18)15-7-9-16(29-2)10-8-15/h3-12H,13H2,1-2H3. The molecule has 2 heterocycles. The second-order valence-electron chi connectivity index (χ2n) is 6.43. The predicted octanol–water partition coefficient (Wildman–Crippen LogP) is 3.13. The van der Waals surface area contributed by atoms with E-state index in [1.165, 1.54) is 9.13 Å². The van der Waals surface area contributed by atoms with Gasteiger partial charge in [-0.25, -0.2) is 0 Å². The smallest absolute Gasteiger partial charge is 0.320 e. The summed E-state index contributed by atoms with van der Waals surface area (Å²) in [7, 11) is 0. The lowest BCUT2D eigenvalue weighted by molar-refractivity contribution is 0.369. The number of aromatic nitrogens is 4. The summed E-state index contributed by atoms with van der Waals surface area (Å²) >= 11 is 1.65. The fourth-order valence-corrected chi connectivity index (χ4v) is 3.39. The molecule has 29 heavy (non-hydrogen) atoms. The monoisotopic (exact) mass is 406 g/mol. The molecular weight excluding hydrogens is 388 g/mol. The Kier molecular flexibility index (Phi) is 5.18. The van der Waals surface area contributed by atoms with Crippen LogP contribution in [-0.2, 0) is 6.54 Å². The summed E-state index contributed by atoms with van der Waals surface area (Å²) in [6, 6.07) is 15.2. The highest BCUT2D eigenvalue weighted by molar-refractivity contribution is 7.98. The van der Waals surface area contributed by atoms with E-state index in [9.17, 15) is 9.59 Å². The van der Waals surface area contributed by atoms with Crippen molar-refractivity contribution < 1.29 is 4.52 Å². The Hall–Kier alpha value is -3.39. The summed E-state index contributed by atoms with van der Waals surface area (Å²) in [5, 5.41) is 3.98. The molecule has 0 unspecified atom stereocenters. The van der Waals surface area contributed by atoms with Crippen LogP contribution in [0.25, 0.3) is 17.1 Å². The SMILES string of the molecule is CSc1ccc(-c2noc(Cn3ccn(-c4ccccc4C)c(=O)c3=O)n2)cc1. The second-order valence-corrected chi connectivity index (χ2v) is 7.31. The van der Waals surface area contributed by atoms with Gasteiger partial charge in [-0.1, -0.05) is 23.4 Å². The van der Waals surface area contributed by atoms with E-state index in [4.69, 9.17) is 4.52 Å². The van der Waals surface area contributed by atoms with Crippen molar-refractivity contribution in [3.63, 3.8) is 0 Å². The molecule has 0 aliphatic heterocycles. The highest BCUT2D eigenvalue weighted by Gasteiger charge is 2.13. The van der Waals surface area contributed by atoms with E-state index < -0.39 is 11.1 Å². The molecule has 7 nitrogen and oxygen atoms in total. The fourth-order valence-electron chi connectivity index (χ4n) is 2.98. The van der Waals surface area contributed by atoms with Gasteiger partial charge >= 0.3 is 11.1 Å². The maximum absolute atomic E-state index is 12.6. The Balaban J connectivity index is 1.61. The van der Waals surface area contributed by atoms with Crippen LogP contribution < -0.4 is 11.1 Å². The van der Waals surface area contributed by atoms with Gasteiger partial charge in [0.2, 0.25) is 11.7 Å². The molecule has 146 valence electrons. The molecule has 0 N–H and O–H groups in total. The van der Waals surface area contributed by atoms with Gasteiger partial charge in [0.1, 0.15) is 6.54 Å². The predicted molar refractivity (Wildman–Crippen MR) is 112 cm³/mol. The number of hydrogen-bond donors (Lipinski definition) is 0. The topological polar surface area (TPSA) is 82.9 Å². The number of thioether (sulfide) groups is 1. The molecule has 2 aromatic carbocycles. The minimum atomic E-state index is -0.653. The van der Waals surface area contributed by atoms with Crippen LogP contribution in [0.1, 0.15) is 11.5 Å². The van der Waals surface area contributed by atoms with Gasteiger partial charge < -0.3 is 4.52 Å². The van der Waals surface area contributed by atoms with Gasteiger partial charge in [-0.05, 0) is 49.1 Å². The zero-order valence-corrected chi connectivity index (χ0v) is 16.7. The van der Waals surface area contributed by atoms with Crippen molar-refractivity contribution in [2.24, 2.45) is 0 Å². The third-order valence-electron chi connectivity index (χ3n) is 4.56. The van der Waals surface area contributed by atoms with Crippen molar-refractivity contribution >= 4 is 11.8 Å². The third-order valence-corrected chi connectivity index (χ3v) is 5.30. The molecule has 0 aliphatic carbocycles. The Labute approximate surface area is 170 Å². The number of hydrogen-bond acceptors (Lipinski definition) is 6. The van der Waals surface area contributed by atoms with Gasteiger partial charge in [-0.3, -0.25) is 18.7 Å². The van der Waals surface area contributed by atoms with Crippen LogP contribution in [0.5, 0.6) is 0 Å². The minimum absolute atomic E-state index is 0.0264. The van der Waals surface area contributed by atoms with Gasteiger partial charge in [0.05, 0.1) is 5.69 Å². The Morgan fingerprint density at radius 2 is 1.76 bits per heavy atom. The molecule has 8 heteroatoms. The summed E-state index contributed by atoms with van der Waals surface area (Å²) in [5.41, 5.74) is 1.12. The molecular formula is C21H18N4O3S. The van der Waals surface area contributed by atoms with Crippen LogP contribution in [0, 0.1) is 6.92 Å². The van der Waals surface area contributed by atoms with Crippen molar-refractivity contribution in [2.75, 3.05) is 6.26 Å². The number of nitrogens with zero attached hydrogens (tertiary/aromatic N) is 4. The van der Waals surface area contributed by atoms with E-state index in [1.807, 2.05) is 55.6 Å². The molecule has 2 aromatic heterocycles. The van der Waals surface area contributed by atoms with Crippen LogP contribution >= 0.6 is 11.8 Å². The van der Waals surface area contributed by atoms with Crippen molar-refractivity contribution in [3.8, 4) is 17.1 Å². The molecule has 0 atom stereocenters. The zero-order valence-electron chi connectivity index (χ0n) is 15.9. The average Bonchev–Trinajstić information content (AvgIpc) is 3.21. The van der Waals surface area contributed by atoms with E-state index in [2.05, 4.69) is 10.1 Å². The number of benzene rings is 2. The normalized spacial score (nSPS) is 11.0. The molecule has 0 saturated carbocycles. The van der Waals surface area contributed by atoms with E-state index >= 15 is 0 Å². The van der Waals surface area contributed by atoms with Crippen LogP contribution in [0.4, 0.5) is 0 Å². The summed E-state index contributed by atoms with van der Waals surface area (Å²) in [5.74, 6) is 0.693. The maximum atomic E-state index is 12.6. The van der Waals surface area contributed by atoms with Crippen molar-refractivity contribution in [1.82, 2.24) is 19.3 Å². The van der Waals surface area contributed by atoms with Crippen molar-refractivity contribution in [3.05, 3.63) is 93.1 Å². The van der Waals surface area contributed by atoms with Gasteiger partial charge in [0.15, 0.2) is 0 Å². The number of aryl methyl sites for hydroxylation is 1. The second kappa shape index (κ2) is 7.92. The van der Waals surface area contributed by atoms with Gasteiger partial charge in [0.25, 0.3) is 0 Å². The fraction of sp³-hybridized carbons (Fsp3) is 0.143. The molecule has 4 aromatic rings. The first kappa shape index (κ1) is 18.9. The molecule has 0 radical (unpaired) electrons. The van der Waals surface area contributed by atoms with Crippen molar-refractivity contribution in [1.29, 1.82) is 0 Å². The largest absolute Gasteiger partial charge is 0.337 e. The molecule has 0 spiro atoms. The summed E-state index contributed by atoms with van der Waals surface area (Å²) < 4.78 is 7.89. The lowest BCUT2D eigenvalue weighted by atomic mass is 10.2. The van der Waals surface area contributed by atoms with E-state index in [-0.39, 0.29) is 12.4 Å². The first-order valence-corrected chi connectivity index (χ1v) is 10.1. The van der Waals surface area contributed by atoms with Crippen LogP contribution in [0.3, 0.4) is 0 Å². The maximum Gasteiger partial charge on any atom is 0.320 e. The van der Waals surface area contributed by atoms with Crippen molar-refractivity contribution in [2.45, 2.75) is 18.4 Å². The first-order chi connectivity index (χ1) is 14.1. The number of para-hydroxylation sites is 1. The van der Waals surface area contributed by atoms with E-state index in [0.29, 0.717) is 11.5 Å². The molecule has 0 amide bonds. The molecule has 0 bridgehead atoms. The minimum Gasteiger partial charge on any atom is -0.337 e. The molecule has 0 aliphatic rings. The summed E-state index contributed by atoms with van der Waals surface area (Å²) in [4.78, 5) is 30.6. The molecule has 0 saturated heterocycles. The van der Waals surface area contributed by atoms with Gasteiger partial charge in [0, 0.05) is 22.9 Å². The van der Waals surface area contributed by atoms with Crippen LogP contribution in [-0.4, -0.2) is 25.5 Å². The zero-order chi connectivity index (χ0) is 20.4. The Bertz CT molecular complexity index is 1270. The third kappa shape index (κ3) is 3.79. The average molecular weight is 406 g/mol. The van der Waals surface area contributed by atoms with Crippen LogP contribution in [0.15, 0.2) is 79.9 Å². The lowest BCUT2D eigenvalue weighted by Gasteiger charge is -2.09. The summed E-state index contributed by atoms with van der Waals surface area (Å²) in [6.07, 6.45) is 5.13. The number of rotatable bonds is 5. The lowest BCUT2D eigenvalue weighted by Crippen LogP contribution is -2.40. The first-order valence-electron chi connectivity index (χ1n) is 8.92. The van der Waals surface area contributed by atoms with Gasteiger partial charge in [-0.2, -0.15) is 4.98 Å². The quantitative estimate of drug-likeness (QED) is 0.374. The van der Waals surface area contributed by atoms with Gasteiger partial charge in [-0.15, -0.1) is 11.8 Å². The Morgan fingerprint density at radius 3 is 2.48 bits per heavy atom. The summed E-state index contributed by atoms with van der Waals surface area (Å²) in [6.45, 7) is 1.91. The highest BCUT2D eigenvalue weighted by Crippen LogP contribution is 2.21. The highest BCUT2D eigenvalue weighted by atomic mass is 32.2. The van der Waals surface area contributed by atoms with Crippen LogP contribution in [0.2, 0.25) is 0 Å². The molecule has 0 fully saturated rings.